The van der Waals surface area contributed by atoms with Crippen molar-refractivity contribution < 1.29 is 0 Å². The van der Waals surface area contributed by atoms with Crippen LogP contribution in [0.4, 0.5) is 0 Å². The molecular formula is C12H21N3S. The van der Waals surface area contributed by atoms with Crippen molar-refractivity contribution in [1.82, 2.24) is 15.1 Å². The van der Waals surface area contributed by atoms with Crippen molar-refractivity contribution in [3.05, 3.63) is 17.0 Å². The zero-order valence-corrected chi connectivity index (χ0v) is 11.2. The van der Waals surface area contributed by atoms with E-state index in [1.165, 1.54) is 34.9 Å². The number of thioether (sulfide) groups is 1. The van der Waals surface area contributed by atoms with Gasteiger partial charge in [0.05, 0.1) is 5.69 Å². The van der Waals surface area contributed by atoms with Crippen LogP contribution >= 0.6 is 11.8 Å². The van der Waals surface area contributed by atoms with E-state index >= 15 is 0 Å². The first-order chi connectivity index (χ1) is 7.72. The second kappa shape index (κ2) is 5.23. The quantitative estimate of drug-likeness (QED) is 0.873. The lowest BCUT2D eigenvalue weighted by Gasteiger charge is -2.11. The molecule has 0 amide bonds. The molecule has 90 valence electrons. The summed E-state index contributed by atoms with van der Waals surface area (Å²) in [6.07, 6.45) is 1.31. The third kappa shape index (κ3) is 2.43. The normalized spacial score (nSPS) is 20.6. The number of hydrogen-bond donors (Lipinski definition) is 1. The summed E-state index contributed by atoms with van der Waals surface area (Å²) >= 11 is 2.05. The first-order valence-electron chi connectivity index (χ1n) is 6.06. The zero-order chi connectivity index (χ0) is 11.5. The molecule has 1 aromatic rings. The monoisotopic (exact) mass is 239 g/mol. The van der Waals surface area contributed by atoms with Crippen LogP contribution in [0.3, 0.4) is 0 Å². The molecular weight excluding hydrogens is 218 g/mol. The van der Waals surface area contributed by atoms with Crippen LogP contribution in [0.1, 0.15) is 30.3 Å². The lowest BCUT2D eigenvalue weighted by atomic mass is 10.1. The van der Waals surface area contributed by atoms with Gasteiger partial charge in [0.15, 0.2) is 0 Å². The third-order valence-corrected chi connectivity index (χ3v) is 4.49. The minimum Gasteiger partial charge on any atom is -0.309 e. The van der Waals surface area contributed by atoms with Gasteiger partial charge in [0, 0.05) is 36.1 Å². The second-order valence-corrected chi connectivity index (χ2v) is 5.56. The summed E-state index contributed by atoms with van der Waals surface area (Å²) in [6, 6.07) is 0.703. The first-order valence-corrected chi connectivity index (χ1v) is 7.21. The maximum atomic E-state index is 4.55. The summed E-state index contributed by atoms with van der Waals surface area (Å²) in [7, 11) is 0. The molecule has 1 aliphatic rings. The van der Waals surface area contributed by atoms with Crippen LogP contribution in [0.15, 0.2) is 0 Å². The van der Waals surface area contributed by atoms with E-state index in [2.05, 4.69) is 47.6 Å². The molecule has 1 fully saturated rings. The Balaban J connectivity index is 2.00. The second-order valence-electron chi connectivity index (χ2n) is 4.41. The Morgan fingerprint density at radius 1 is 1.50 bits per heavy atom. The largest absolute Gasteiger partial charge is 0.309 e. The predicted octanol–water partition coefficient (Wildman–Crippen LogP) is 2.11. The van der Waals surface area contributed by atoms with Gasteiger partial charge in [-0.2, -0.15) is 16.9 Å². The Morgan fingerprint density at radius 2 is 2.31 bits per heavy atom. The Hall–Kier alpha value is -0.480. The molecule has 1 unspecified atom stereocenters. The van der Waals surface area contributed by atoms with Gasteiger partial charge in [0.2, 0.25) is 0 Å². The molecule has 0 bridgehead atoms. The summed E-state index contributed by atoms with van der Waals surface area (Å²) in [5.74, 6) is 2.57. The van der Waals surface area contributed by atoms with Gasteiger partial charge >= 0.3 is 0 Å². The summed E-state index contributed by atoms with van der Waals surface area (Å²) in [6.45, 7) is 8.36. The molecule has 1 N–H and O–H groups in total. The van der Waals surface area contributed by atoms with Gasteiger partial charge in [-0.05, 0) is 32.9 Å². The van der Waals surface area contributed by atoms with Crippen LogP contribution in [0.5, 0.6) is 0 Å². The lowest BCUT2D eigenvalue weighted by Crippen LogP contribution is -2.28. The van der Waals surface area contributed by atoms with Gasteiger partial charge in [-0.15, -0.1) is 0 Å². The number of hydrogen-bond acceptors (Lipinski definition) is 3. The van der Waals surface area contributed by atoms with E-state index in [1.807, 2.05) is 0 Å². The van der Waals surface area contributed by atoms with E-state index in [1.54, 1.807) is 0 Å². The number of aromatic nitrogens is 2. The fraction of sp³-hybridized carbons (Fsp3) is 0.750. The van der Waals surface area contributed by atoms with Crippen LogP contribution in [0.25, 0.3) is 0 Å². The van der Waals surface area contributed by atoms with E-state index < -0.39 is 0 Å². The summed E-state index contributed by atoms with van der Waals surface area (Å²) < 4.78 is 2.09. The maximum Gasteiger partial charge on any atom is 0.0641 e. The van der Waals surface area contributed by atoms with E-state index in [0.29, 0.717) is 6.04 Å². The highest BCUT2D eigenvalue weighted by Crippen LogP contribution is 2.19. The Labute approximate surface area is 102 Å². The smallest absolute Gasteiger partial charge is 0.0641 e. The topological polar surface area (TPSA) is 29.9 Å². The van der Waals surface area contributed by atoms with E-state index in [9.17, 15) is 0 Å². The van der Waals surface area contributed by atoms with Crippen molar-refractivity contribution in [2.45, 2.75) is 46.3 Å². The van der Waals surface area contributed by atoms with Crippen LogP contribution in [0, 0.1) is 13.8 Å². The molecule has 1 aliphatic heterocycles. The van der Waals surface area contributed by atoms with Crippen molar-refractivity contribution in [3.8, 4) is 0 Å². The van der Waals surface area contributed by atoms with Gasteiger partial charge in [-0.3, -0.25) is 4.68 Å². The maximum absolute atomic E-state index is 4.55. The highest BCUT2D eigenvalue weighted by Gasteiger charge is 2.16. The summed E-state index contributed by atoms with van der Waals surface area (Å²) in [5, 5.41) is 8.19. The van der Waals surface area contributed by atoms with Crippen molar-refractivity contribution in [2.24, 2.45) is 0 Å². The van der Waals surface area contributed by atoms with Gasteiger partial charge in [0.1, 0.15) is 0 Å². The number of aryl methyl sites for hydroxylation is 2. The van der Waals surface area contributed by atoms with E-state index in [4.69, 9.17) is 0 Å². The minimum absolute atomic E-state index is 0.703. The molecule has 4 heteroatoms. The van der Waals surface area contributed by atoms with Gasteiger partial charge in [-0.25, -0.2) is 0 Å². The van der Waals surface area contributed by atoms with Crippen molar-refractivity contribution in [1.29, 1.82) is 0 Å². The van der Waals surface area contributed by atoms with Crippen LogP contribution < -0.4 is 5.32 Å². The molecule has 0 aliphatic carbocycles. The summed E-state index contributed by atoms with van der Waals surface area (Å²) in [4.78, 5) is 0. The number of nitrogens with one attached hydrogen (secondary N) is 1. The first kappa shape index (κ1) is 12.0. The van der Waals surface area contributed by atoms with Crippen LogP contribution in [0.2, 0.25) is 0 Å². The molecule has 1 aromatic heterocycles. The van der Waals surface area contributed by atoms with Crippen LogP contribution in [-0.2, 0) is 13.1 Å². The van der Waals surface area contributed by atoms with E-state index in [0.717, 1.165) is 13.1 Å². The zero-order valence-electron chi connectivity index (χ0n) is 10.4. The summed E-state index contributed by atoms with van der Waals surface area (Å²) in [5.41, 5.74) is 3.88. The minimum atomic E-state index is 0.703. The standard InChI is InChI=1S/C12H21N3S/c1-4-15-10(3)12(9(2)14-15)7-13-11-5-6-16-8-11/h11,13H,4-8H2,1-3H3. The number of nitrogens with zero attached hydrogens (tertiary/aromatic N) is 2. The van der Waals surface area contributed by atoms with Crippen molar-refractivity contribution in [2.75, 3.05) is 11.5 Å². The Kier molecular flexibility index (Phi) is 3.92. The molecule has 2 heterocycles. The average Bonchev–Trinajstić information content (AvgIpc) is 2.86. The Bertz CT molecular complexity index is 353. The number of rotatable bonds is 4. The molecule has 1 atom stereocenters. The third-order valence-electron chi connectivity index (χ3n) is 3.33. The molecule has 3 nitrogen and oxygen atoms in total. The molecule has 0 aromatic carbocycles. The fourth-order valence-electron chi connectivity index (χ4n) is 2.24. The predicted molar refractivity (Wildman–Crippen MR) is 69.9 cm³/mol. The van der Waals surface area contributed by atoms with Gasteiger partial charge < -0.3 is 5.32 Å². The highest BCUT2D eigenvalue weighted by molar-refractivity contribution is 7.99. The molecule has 16 heavy (non-hydrogen) atoms. The van der Waals surface area contributed by atoms with E-state index in [-0.39, 0.29) is 0 Å². The van der Waals surface area contributed by atoms with Crippen LogP contribution in [-0.4, -0.2) is 27.3 Å². The van der Waals surface area contributed by atoms with Gasteiger partial charge in [-0.1, -0.05) is 0 Å². The Morgan fingerprint density at radius 3 is 2.88 bits per heavy atom. The SMILES string of the molecule is CCn1nc(C)c(CNC2CCSC2)c1C. The molecule has 0 radical (unpaired) electrons. The van der Waals surface area contributed by atoms with Crippen molar-refractivity contribution in [3.63, 3.8) is 0 Å². The fourth-order valence-corrected chi connectivity index (χ4v) is 3.43. The average molecular weight is 239 g/mol. The molecule has 0 spiro atoms. The molecule has 2 rings (SSSR count). The van der Waals surface area contributed by atoms with Gasteiger partial charge in [0.25, 0.3) is 0 Å². The molecule has 1 saturated heterocycles. The van der Waals surface area contributed by atoms with Crippen molar-refractivity contribution >= 4 is 11.8 Å². The highest BCUT2D eigenvalue weighted by atomic mass is 32.2. The lowest BCUT2D eigenvalue weighted by molar-refractivity contribution is 0.554. The molecule has 0 saturated carbocycles.